The molecule has 0 fully saturated rings. The second kappa shape index (κ2) is 10.7. The van der Waals surface area contributed by atoms with Gasteiger partial charge in [0.1, 0.15) is 17.4 Å². The van der Waals surface area contributed by atoms with Gasteiger partial charge in [-0.2, -0.15) is 0 Å². The lowest BCUT2D eigenvalue weighted by Crippen LogP contribution is -2.50. The zero-order valence-electron chi connectivity index (χ0n) is 19.0. The quantitative estimate of drug-likeness (QED) is 0.633. The van der Waals surface area contributed by atoms with E-state index in [1.165, 1.54) is 4.90 Å². The highest BCUT2D eigenvalue weighted by Crippen LogP contribution is 2.20. The van der Waals surface area contributed by atoms with Gasteiger partial charge in [0.25, 0.3) is 0 Å². The van der Waals surface area contributed by atoms with Crippen LogP contribution in [-0.2, 0) is 22.4 Å². The summed E-state index contributed by atoms with van der Waals surface area (Å²) in [6, 6.07) is 14.3. The summed E-state index contributed by atoms with van der Waals surface area (Å²) >= 11 is 0. The van der Waals surface area contributed by atoms with Gasteiger partial charge in [0.2, 0.25) is 5.91 Å². The number of amides is 2. The summed E-state index contributed by atoms with van der Waals surface area (Å²) in [4.78, 5) is 27.3. The fourth-order valence-corrected chi connectivity index (χ4v) is 3.10. The standard InChI is InChI=1S/C25H32N2O4/c1-7-9-18-10-8-11-19(16-18)17-22(26-24(29)31-25(2,3)4)23(28)27(5)20-12-14-21(30-6)15-13-20/h7-8,10-16,22H,1,9,17H2,2-6H3,(H,26,29)/t22-/m0/s1. The molecule has 0 heterocycles. The highest BCUT2D eigenvalue weighted by atomic mass is 16.6. The predicted molar refractivity (Wildman–Crippen MR) is 124 cm³/mol. The topological polar surface area (TPSA) is 67.9 Å². The Bertz CT molecular complexity index is 900. The molecule has 166 valence electrons. The van der Waals surface area contributed by atoms with Crippen molar-refractivity contribution in [3.05, 3.63) is 72.3 Å². The number of benzene rings is 2. The van der Waals surface area contributed by atoms with Gasteiger partial charge in [0, 0.05) is 19.2 Å². The van der Waals surface area contributed by atoms with Crippen LogP contribution < -0.4 is 15.0 Å². The Kier molecular flexibility index (Phi) is 8.25. The monoisotopic (exact) mass is 424 g/mol. The predicted octanol–water partition coefficient (Wildman–Crippen LogP) is 4.52. The van der Waals surface area contributed by atoms with Crippen LogP contribution in [0.5, 0.6) is 5.75 Å². The fraction of sp³-hybridized carbons (Fsp3) is 0.360. The lowest BCUT2D eigenvalue weighted by Gasteiger charge is -2.27. The zero-order valence-corrected chi connectivity index (χ0v) is 19.0. The van der Waals surface area contributed by atoms with Crippen molar-refractivity contribution in [1.82, 2.24) is 5.32 Å². The van der Waals surface area contributed by atoms with E-state index < -0.39 is 17.7 Å². The summed E-state index contributed by atoms with van der Waals surface area (Å²) < 4.78 is 10.6. The van der Waals surface area contributed by atoms with E-state index in [1.54, 1.807) is 59.2 Å². The van der Waals surface area contributed by atoms with Crippen LogP contribution in [0, 0.1) is 0 Å². The lowest BCUT2D eigenvalue weighted by molar-refractivity contribution is -0.120. The molecule has 0 spiro atoms. The Hall–Kier alpha value is -3.28. The maximum absolute atomic E-state index is 13.3. The van der Waals surface area contributed by atoms with E-state index in [4.69, 9.17) is 9.47 Å². The average molecular weight is 425 g/mol. The fourth-order valence-electron chi connectivity index (χ4n) is 3.10. The Morgan fingerprint density at radius 1 is 1.13 bits per heavy atom. The second-order valence-electron chi connectivity index (χ2n) is 8.31. The average Bonchev–Trinajstić information content (AvgIpc) is 2.71. The Morgan fingerprint density at radius 3 is 2.35 bits per heavy atom. The van der Waals surface area contributed by atoms with Gasteiger partial charge in [0.15, 0.2) is 0 Å². The van der Waals surface area contributed by atoms with Crippen LogP contribution in [0.1, 0.15) is 31.9 Å². The number of ether oxygens (including phenoxy) is 2. The van der Waals surface area contributed by atoms with Crippen LogP contribution in [0.2, 0.25) is 0 Å². The normalized spacial score (nSPS) is 11.9. The third-order valence-corrected chi connectivity index (χ3v) is 4.59. The van der Waals surface area contributed by atoms with Gasteiger partial charge in [-0.25, -0.2) is 4.79 Å². The molecule has 0 aromatic heterocycles. The van der Waals surface area contributed by atoms with Gasteiger partial charge < -0.3 is 19.7 Å². The van der Waals surface area contributed by atoms with Crippen LogP contribution in [0.15, 0.2) is 61.2 Å². The van der Waals surface area contributed by atoms with E-state index in [9.17, 15) is 9.59 Å². The third-order valence-electron chi connectivity index (χ3n) is 4.59. The number of carbonyl (C=O) groups excluding carboxylic acids is 2. The van der Waals surface area contributed by atoms with Gasteiger partial charge >= 0.3 is 6.09 Å². The molecule has 2 rings (SSSR count). The molecule has 0 aliphatic carbocycles. The lowest BCUT2D eigenvalue weighted by atomic mass is 10.0. The van der Waals surface area contributed by atoms with Gasteiger partial charge in [-0.3, -0.25) is 4.79 Å². The number of methoxy groups -OCH3 is 1. The molecule has 1 N–H and O–H groups in total. The van der Waals surface area contributed by atoms with Crippen LogP contribution in [0.3, 0.4) is 0 Å². The van der Waals surface area contributed by atoms with Gasteiger partial charge in [-0.1, -0.05) is 30.3 Å². The Balaban J connectivity index is 2.26. The highest BCUT2D eigenvalue weighted by molar-refractivity contribution is 5.98. The zero-order chi connectivity index (χ0) is 23.0. The van der Waals surface area contributed by atoms with Crippen molar-refractivity contribution in [2.45, 2.75) is 45.3 Å². The first-order valence-electron chi connectivity index (χ1n) is 10.2. The maximum Gasteiger partial charge on any atom is 0.408 e. The Labute approximate surface area is 184 Å². The second-order valence-corrected chi connectivity index (χ2v) is 8.31. The van der Waals surface area contributed by atoms with Gasteiger partial charge in [0.05, 0.1) is 7.11 Å². The number of likely N-dealkylation sites (N-methyl/N-ethyl adjacent to an activating group) is 1. The SMILES string of the molecule is C=CCc1cccc(C[C@H](NC(=O)OC(C)(C)C)C(=O)N(C)c2ccc(OC)cc2)c1. The minimum absolute atomic E-state index is 0.245. The summed E-state index contributed by atoms with van der Waals surface area (Å²) in [7, 11) is 3.27. The number of rotatable bonds is 8. The van der Waals surface area contributed by atoms with Crippen LogP contribution >= 0.6 is 0 Å². The van der Waals surface area contributed by atoms with Crippen molar-refractivity contribution in [2.24, 2.45) is 0 Å². The Morgan fingerprint density at radius 2 is 1.77 bits per heavy atom. The molecular weight excluding hydrogens is 392 g/mol. The molecule has 0 unspecified atom stereocenters. The largest absolute Gasteiger partial charge is 0.497 e. The smallest absolute Gasteiger partial charge is 0.408 e. The number of nitrogens with zero attached hydrogens (tertiary/aromatic N) is 1. The number of hydrogen-bond donors (Lipinski definition) is 1. The summed E-state index contributed by atoms with van der Waals surface area (Å²) in [6.45, 7) is 9.12. The van der Waals surface area contributed by atoms with E-state index in [0.29, 0.717) is 17.9 Å². The molecule has 2 amide bonds. The molecule has 2 aromatic rings. The molecule has 0 aliphatic rings. The summed E-state index contributed by atoms with van der Waals surface area (Å²) in [5.41, 5.74) is 2.07. The molecule has 0 saturated carbocycles. The molecule has 0 radical (unpaired) electrons. The van der Waals surface area contributed by atoms with Crippen LogP contribution in [-0.4, -0.2) is 37.8 Å². The summed E-state index contributed by atoms with van der Waals surface area (Å²) in [5.74, 6) is 0.456. The van der Waals surface area contributed by atoms with E-state index in [0.717, 1.165) is 17.5 Å². The molecule has 6 nitrogen and oxygen atoms in total. The van der Waals surface area contributed by atoms with Crippen molar-refractivity contribution >= 4 is 17.7 Å². The number of alkyl carbamates (subject to hydrolysis) is 1. The number of carbonyl (C=O) groups is 2. The number of hydrogen-bond acceptors (Lipinski definition) is 4. The molecule has 0 saturated heterocycles. The van der Waals surface area contributed by atoms with E-state index in [1.807, 2.05) is 30.3 Å². The molecule has 31 heavy (non-hydrogen) atoms. The summed E-state index contributed by atoms with van der Waals surface area (Å²) in [5, 5.41) is 2.75. The van der Waals surface area contributed by atoms with Crippen molar-refractivity contribution in [3.63, 3.8) is 0 Å². The minimum Gasteiger partial charge on any atom is -0.497 e. The van der Waals surface area contributed by atoms with E-state index in [2.05, 4.69) is 11.9 Å². The van der Waals surface area contributed by atoms with E-state index in [-0.39, 0.29) is 5.91 Å². The molecule has 2 aromatic carbocycles. The van der Waals surface area contributed by atoms with Gasteiger partial charge in [-0.15, -0.1) is 6.58 Å². The molecule has 6 heteroatoms. The van der Waals surface area contributed by atoms with Crippen molar-refractivity contribution in [2.75, 3.05) is 19.1 Å². The first kappa shape index (κ1) is 24.0. The van der Waals surface area contributed by atoms with Crippen molar-refractivity contribution in [3.8, 4) is 5.75 Å². The molecule has 0 aliphatic heterocycles. The van der Waals surface area contributed by atoms with Gasteiger partial charge in [-0.05, 0) is 62.6 Å². The maximum atomic E-state index is 13.3. The van der Waals surface area contributed by atoms with Crippen LogP contribution in [0.4, 0.5) is 10.5 Å². The number of anilines is 1. The molecule has 0 bridgehead atoms. The van der Waals surface area contributed by atoms with E-state index >= 15 is 0 Å². The first-order chi connectivity index (χ1) is 14.6. The van der Waals surface area contributed by atoms with Crippen molar-refractivity contribution < 1.29 is 19.1 Å². The highest BCUT2D eigenvalue weighted by Gasteiger charge is 2.27. The van der Waals surface area contributed by atoms with Crippen LogP contribution in [0.25, 0.3) is 0 Å². The van der Waals surface area contributed by atoms with Crippen molar-refractivity contribution in [1.29, 1.82) is 0 Å². The third kappa shape index (κ3) is 7.48. The minimum atomic E-state index is -0.791. The molecular formula is C25H32N2O4. The molecule has 1 atom stereocenters. The first-order valence-corrected chi connectivity index (χ1v) is 10.2. The number of nitrogens with one attached hydrogen (secondary N) is 1. The number of allylic oxidation sites excluding steroid dienone is 1. The summed E-state index contributed by atoms with van der Waals surface area (Å²) in [6.07, 6.45) is 2.27.